The quantitative estimate of drug-likeness (QED) is 0.892. The summed E-state index contributed by atoms with van der Waals surface area (Å²) >= 11 is 0. The highest BCUT2D eigenvalue weighted by Gasteiger charge is 2.39. The molecule has 1 amide bonds. The van der Waals surface area contributed by atoms with Crippen molar-refractivity contribution < 1.29 is 14.3 Å². The third-order valence-electron chi connectivity index (χ3n) is 3.85. The van der Waals surface area contributed by atoms with Gasteiger partial charge in [0.1, 0.15) is 5.69 Å². The van der Waals surface area contributed by atoms with Gasteiger partial charge in [-0.15, -0.1) is 5.10 Å². The van der Waals surface area contributed by atoms with Crippen LogP contribution in [0, 0.1) is 0 Å². The molecule has 8 heteroatoms. The van der Waals surface area contributed by atoms with Crippen LogP contribution in [0.25, 0.3) is 0 Å². The predicted molar refractivity (Wildman–Crippen MR) is 86.7 cm³/mol. The lowest BCUT2D eigenvalue weighted by atomic mass is 10.0. The van der Waals surface area contributed by atoms with E-state index in [9.17, 15) is 9.59 Å². The van der Waals surface area contributed by atoms with Crippen molar-refractivity contribution in [2.75, 3.05) is 11.9 Å². The summed E-state index contributed by atoms with van der Waals surface area (Å²) < 4.78 is 6.27. The van der Waals surface area contributed by atoms with Crippen LogP contribution in [-0.4, -0.2) is 33.4 Å². The standard InChI is InChI=1S/C16H19N5O3/c1-4-24-15(23)21-12-10(9-18-16(12,2)3)13(20-21)19-14(22)11-7-5-6-8-17-11/h5-8,18H,4,9H2,1-3H3,(H,19,20,22). The molecule has 2 aromatic heterocycles. The number of carbonyl (C=O) groups excluding carboxylic acids is 2. The highest BCUT2D eigenvalue weighted by Crippen LogP contribution is 2.35. The molecular formula is C16H19N5O3. The number of aromatic nitrogens is 3. The number of fused-ring (bicyclic) bond motifs is 1. The first-order valence-corrected chi connectivity index (χ1v) is 7.71. The van der Waals surface area contributed by atoms with E-state index in [1.807, 2.05) is 13.8 Å². The molecule has 24 heavy (non-hydrogen) atoms. The third-order valence-corrected chi connectivity index (χ3v) is 3.85. The van der Waals surface area contributed by atoms with Gasteiger partial charge in [-0.1, -0.05) is 6.07 Å². The molecule has 1 aliphatic rings. The molecular weight excluding hydrogens is 310 g/mol. The average molecular weight is 329 g/mol. The molecule has 0 bridgehead atoms. The second kappa shape index (κ2) is 6.04. The molecule has 0 aromatic carbocycles. The van der Waals surface area contributed by atoms with Crippen molar-refractivity contribution in [3.8, 4) is 0 Å². The summed E-state index contributed by atoms with van der Waals surface area (Å²) in [5, 5.41) is 10.3. The molecule has 1 aliphatic heterocycles. The molecule has 0 unspecified atom stereocenters. The molecule has 8 nitrogen and oxygen atoms in total. The maximum absolute atomic E-state index is 12.3. The van der Waals surface area contributed by atoms with Gasteiger partial charge in [0.05, 0.1) is 17.8 Å². The van der Waals surface area contributed by atoms with Gasteiger partial charge >= 0.3 is 6.09 Å². The number of carbonyl (C=O) groups is 2. The van der Waals surface area contributed by atoms with Gasteiger partial charge in [0.2, 0.25) is 0 Å². The fraction of sp³-hybridized carbons (Fsp3) is 0.375. The fourth-order valence-corrected chi connectivity index (χ4v) is 2.74. The number of nitrogens with zero attached hydrogens (tertiary/aromatic N) is 3. The molecule has 0 saturated heterocycles. The Bertz CT molecular complexity index is 783. The van der Waals surface area contributed by atoms with Crippen molar-refractivity contribution in [2.24, 2.45) is 0 Å². The summed E-state index contributed by atoms with van der Waals surface area (Å²) in [6, 6.07) is 5.07. The largest absolute Gasteiger partial charge is 0.448 e. The van der Waals surface area contributed by atoms with Crippen molar-refractivity contribution in [2.45, 2.75) is 32.9 Å². The van der Waals surface area contributed by atoms with E-state index in [1.165, 1.54) is 4.68 Å². The number of hydrogen-bond acceptors (Lipinski definition) is 6. The van der Waals surface area contributed by atoms with E-state index in [1.54, 1.807) is 31.3 Å². The molecule has 2 aromatic rings. The Morgan fingerprint density at radius 2 is 2.21 bits per heavy atom. The molecule has 0 saturated carbocycles. The molecule has 0 atom stereocenters. The highest BCUT2D eigenvalue weighted by atomic mass is 16.6. The molecule has 0 radical (unpaired) electrons. The highest BCUT2D eigenvalue weighted by molar-refractivity contribution is 6.02. The number of anilines is 1. The number of pyridine rings is 1. The minimum atomic E-state index is -0.566. The van der Waals surface area contributed by atoms with Gasteiger partial charge < -0.3 is 15.4 Å². The van der Waals surface area contributed by atoms with E-state index in [0.29, 0.717) is 18.1 Å². The van der Waals surface area contributed by atoms with Crippen molar-refractivity contribution in [3.63, 3.8) is 0 Å². The normalized spacial score (nSPS) is 15.0. The Hall–Kier alpha value is -2.74. The van der Waals surface area contributed by atoms with Crippen LogP contribution in [0.3, 0.4) is 0 Å². The number of nitrogens with one attached hydrogen (secondary N) is 2. The minimum Gasteiger partial charge on any atom is -0.448 e. The van der Waals surface area contributed by atoms with Crippen molar-refractivity contribution >= 4 is 17.8 Å². The molecule has 0 spiro atoms. The van der Waals surface area contributed by atoms with Gasteiger partial charge in [-0.05, 0) is 32.9 Å². The zero-order chi connectivity index (χ0) is 17.3. The smallest absolute Gasteiger partial charge is 0.435 e. The zero-order valence-electron chi connectivity index (χ0n) is 13.8. The Labute approximate surface area is 139 Å². The van der Waals surface area contributed by atoms with Crippen LogP contribution >= 0.6 is 0 Å². The van der Waals surface area contributed by atoms with Crippen molar-refractivity contribution in [1.82, 2.24) is 20.1 Å². The van der Waals surface area contributed by atoms with E-state index >= 15 is 0 Å². The molecule has 0 aliphatic carbocycles. The van der Waals surface area contributed by atoms with Crippen LogP contribution in [0.4, 0.5) is 10.6 Å². The number of hydrogen-bond donors (Lipinski definition) is 2. The van der Waals surface area contributed by atoms with Crippen LogP contribution in [0.1, 0.15) is 42.5 Å². The molecule has 126 valence electrons. The lowest BCUT2D eigenvalue weighted by molar-refractivity contribution is 0.102. The van der Waals surface area contributed by atoms with E-state index in [0.717, 1.165) is 5.56 Å². The summed E-state index contributed by atoms with van der Waals surface area (Å²) in [6.45, 7) is 6.37. The number of ether oxygens (including phenoxy) is 1. The first-order chi connectivity index (χ1) is 11.4. The Kier molecular flexibility index (Phi) is 4.06. The zero-order valence-corrected chi connectivity index (χ0v) is 13.8. The van der Waals surface area contributed by atoms with E-state index in [4.69, 9.17) is 4.74 Å². The average Bonchev–Trinajstić information content (AvgIpc) is 3.08. The second-order valence-corrected chi connectivity index (χ2v) is 5.93. The summed E-state index contributed by atoms with van der Waals surface area (Å²) in [6.07, 6.45) is 0.977. The number of rotatable bonds is 3. The second-order valence-electron chi connectivity index (χ2n) is 5.93. The molecule has 3 rings (SSSR count). The number of amides is 1. The predicted octanol–water partition coefficient (Wildman–Crippen LogP) is 1.87. The van der Waals surface area contributed by atoms with Crippen LogP contribution in [0.5, 0.6) is 0 Å². The first-order valence-electron chi connectivity index (χ1n) is 7.71. The summed E-state index contributed by atoms with van der Waals surface area (Å²) in [5.74, 6) is -0.0385. The Balaban J connectivity index is 1.97. The maximum Gasteiger partial charge on any atom is 0.435 e. The maximum atomic E-state index is 12.3. The van der Waals surface area contributed by atoms with Crippen LogP contribution in [0.15, 0.2) is 24.4 Å². The fourth-order valence-electron chi connectivity index (χ4n) is 2.74. The van der Waals surface area contributed by atoms with Gasteiger partial charge in [-0.3, -0.25) is 9.78 Å². The van der Waals surface area contributed by atoms with E-state index in [-0.39, 0.29) is 18.2 Å². The lowest BCUT2D eigenvalue weighted by Gasteiger charge is -2.20. The van der Waals surface area contributed by atoms with Crippen molar-refractivity contribution in [1.29, 1.82) is 0 Å². The summed E-state index contributed by atoms with van der Waals surface area (Å²) in [7, 11) is 0. The van der Waals surface area contributed by atoms with Crippen LogP contribution < -0.4 is 10.6 Å². The molecule has 3 heterocycles. The SMILES string of the molecule is CCOC(=O)n1nc(NC(=O)c2ccccn2)c2c1C(C)(C)NC2. The minimum absolute atomic E-state index is 0.247. The van der Waals surface area contributed by atoms with Crippen molar-refractivity contribution in [3.05, 3.63) is 41.3 Å². The molecule has 2 N–H and O–H groups in total. The van der Waals surface area contributed by atoms with Crippen LogP contribution in [-0.2, 0) is 16.8 Å². The molecule has 0 fully saturated rings. The monoisotopic (exact) mass is 329 g/mol. The topological polar surface area (TPSA) is 98.1 Å². The first kappa shape index (κ1) is 16.1. The summed E-state index contributed by atoms with van der Waals surface area (Å²) in [4.78, 5) is 28.5. The summed E-state index contributed by atoms with van der Waals surface area (Å²) in [5.41, 5.74) is 1.29. The lowest BCUT2D eigenvalue weighted by Crippen LogP contribution is -2.34. The van der Waals surface area contributed by atoms with Gasteiger partial charge in [-0.25, -0.2) is 4.79 Å². The van der Waals surface area contributed by atoms with E-state index in [2.05, 4.69) is 20.7 Å². The van der Waals surface area contributed by atoms with Gasteiger partial charge in [0.15, 0.2) is 5.82 Å². The van der Waals surface area contributed by atoms with Gasteiger partial charge in [0, 0.05) is 18.3 Å². The Morgan fingerprint density at radius 3 is 2.88 bits per heavy atom. The third kappa shape index (κ3) is 2.76. The van der Waals surface area contributed by atoms with E-state index < -0.39 is 11.6 Å². The Morgan fingerprint density at radius 1 is 1.42 bits per heavy atom. The van der Waals surface area contributed by atoms with Gasteiger partial charge in [-0.2, -0.15) is 4.68 Å². The van der Waals surface area contributed by atoms with Crippen LogP contribution in [0.2, 0.25) is 0 Å². The van der Waals surface area contributed by atoms with Gasteiger partial charge in [0.25, 0.3) is 5.91 Å².